The SMILES string of the molecule is O=C(NCCCCC1CCN(C(=O)c2ccc3c(c2)OCO3)CC1)c1cc2ccncc2s1. The zero-order valence-electron chi connectivity index (χ0n) is 18.4. The molecule has 2 aromatic heterocycles. The van der Waals surface area contributed by atoms with Crippen LogP contribution in [0.2, 0.25) is 0 Å². The molecule has 5 rings (SSSR count). The number of carbonyl (C=O) groups excluding carboxylic acids is 2. The van der Waals surface area contributed by atoms with Crippen LogP contribution in [0.5, 0.6) is 11.5 Å². The van der Waals surface area contributed by atoms with Gasteiger partial charge in [0.25, 0.3) is 11.8 Å². The Morgan fingerprint density at radius 1 is 1.09 bits per heavy atom. The van der Waals surface area contributed by atoms with Crippen molar-refractivity contribution >= 4 is 33.2 Å². The lowest BCUT2D eigenvalue weighted by atomic mass is 9.91. The van der Waals surface area contributed by atoms with Crippen molar-refractivity contribution in [2.24, 2.45) is 5.92 Å². The molecule has 8 heteroatoms. The van der Waals surface area contributed by atoms with Crippen LogP contribution in [0.1, 0.15) is 52.1 Å². The number of amides is 2. The number of piperidine rings is 1. The molecule has 2 aliphatic rings. The number of fused-ring (bicyclic) bond motifs is 2. The Morgan fingerprint density at radius 2 is 1.94 bits per heavy atom. The molecular weight excluding hydrogens is 438 g/mol. The van der Waals surface area contributed by atoms with Crippen molar-refractivity contribution < 1.29 is 19.1 Å². The molecule has 1 N–H and O–H groups in total. The lowest BCUT2D eigenvalue weighted by molar-refractivity contribution is 0.0685. The average Bonchev–Trinajstić information content (AvgIpc) is 3.50. The van der Waals surface area contributed by atoms with Gasteiger partial charge in [0.15, 0.2) is 11.5 Å². The maximum atomic E-state index is 12.8. The van der Waals surface area contributed by atoms with E-state index in [1.807, 2.05) is 23.1 Å². The normalized spacial score (nSPS) is 15.7. The van der Waals surface area contributed by atoms with Gasteiger partial charge in [-0.05, 0) is 60.9 Å². The quantitative estimate of drug-likeness (QED) is 0.521. The number of likely N-dealkylation sites (tertiary alicyclic amines) is 1. The van der Waals surface area contributed by atoms with Crippen molar-refractivity contribution in [3.63, 3.8) is 0 Å². The van der Waals surface area contributed by atoms with Crippen LogP contribution in [0.4, 0.5) is 0 Å². The molecule has 33 heavy (non-hydrogen) atoms. The standard InChI is InChI=1S/C25H27N3O4S/c29-24(22-14-18-6-10-26-15-23(18)33-22)27-9-2-1-3-17-7-11-28(12-8-17)25(30)19-4-5-20-21(13-19)32-16-31-20/h4-6,10,13-15,17H,1-3,7-9,11-12,16H2,(H,27,29). The van der Waals surface area contributed by atoms with E-state index in [0.717, 1.165) is 60.2 Å². The number of nitrogens with zero attached hydrogens (tertiary/aromatic N) is 2. The van der Waals surface area contributed by atoms with Crippen LogP contribution in [0, 0.1) is 5.92 Å². The molecule has 2 aliphatic heterocycles. The molecule has 0 saturated carbocycles. The van der Waals surface area contributed by atoms with E-state index < -0.39 is 0 Å². The fourth-order valence-corrected chi connectivity index (χ4v) is 5.43. The van der Waals surface area contributed by atoms with Crippen molar-refractivity contribution in [1.82, 2.24) is 15.2 Å². The second kappa shape index (κ2) is 9.79. The first-order valence-corrected chi connectivity index (χ1v) is 12.3. The first kappa shape index (κ1) is 21.7. The van der Waals surface area contributed by atoms with Gasteiger partial charge in [0, 0.05) is 37.6 Å². The number of pyridine rings is 1. The molecule has 0 spiro atoms. The van der Waals surface area contributed by atoms with Crippen molar-refractivity contribution in [3.05, 3.63) is 53.2 Å². The second-order valence-electron chi connectivity index (χ2n) is 8.58. The molecule has 1 saturated heterocycles. The number of hydrogen-bond donors (Lipinski definition) is 1. The third kappa shape index (κ3) is 4.95. The van der Waals surface area contributed by atoms with Crippen LogP contribution >= 0.6 is 11.3 Å². The van der Waals surface area contributed by atoms with Crippen LogP contribution in [0.3, 0.4) is 0 Å². The van der Waals surface area contributed by atoms with E-state index in [4.69, 9.17) is 9.47 Å². The van der Waals surface area contributed by atoms with Gasteiger partial charge in [-0.1, -0.05) is 12.8 Å². The van der Waals surface area contributed by atoms with Crippen molar-refractivity contribution in [3.8, 4) is 11.5 Å². The van der Waals surface area contributed by atoms with Crippen LogP contribution in [-0.4, -0.2) is 48.1 Å². The first-order chi connectivity index (χ1) is 16.2. The molecule has 172 valence electrons. The van der Waals surface area contributed by atoms with E-state index >= 15 is 0 Å². The molecule has 0 bridgehead atoms. The summed E-state index contributed by atoms with van der Waals surface area (Å²) in [6.07, 6.45) is 8.78. The molecule has 7 nitrogen and oxygen atoms in total. The number of carbonyl (C=O) groups is 2. The van der Waals surface area contributed by atoms with E-state index in [1.54, 1.807) is 24.5 Å². The van der Waals surface area contributed by atoms with Gasteiger partial charge in [-0.15, -0.1) is 11.3 Å². The Hall–Kier alpha value is -3.13. The summed E-state index contributed by atoms with van der Waals surface area (Å²) in [5, 5.41) is 4.09. The Labute approximate surface area is 196 Å². The highest BCUT2D eigenvalue weighted by Gasteiger charge is 2.25. The largest absolute Gasteiger partial charge is 0.454 e. The van der Waals surface area contributed by atoms with E-state index in [2.05, 4.69) is 10.3 Å². The lowest BCUT2D eigenvalue weighted by Gasteiger charge is -2.32. The summed E-state index contributed by atoms with van der Waals surface area (Å²) in [6.45, 7) is 2.47. The summed E-state index contributed by atoms with van der Waals surface area (Å²) in [5.74, 6) is 2.03. The van der Waals surface area contributed by atoms with Gasteiger partial charge in [0.05, 0.1) is 9.58 Å². The summed E-state index contributed by atoms with van der Waals surface area (Å²) >= 11 is 1.48. The van der Waals surface area contributed by atoms with E-state index in [-0.39, 0.29) is 18.6 Å². The number of rotatable bonds is 7. The summed E-state index contributed by atoms with van der Waals surface area (Å²) in [4.78, 5) is 32.0. The van der Waals surface area contributed by atoms with Crippen molar-refractivity contribution in [2.75, 3.05) is 26.4 Å². The maximum Gasteiger partial charge on any atom is 0.261 e. The summed E-state index contributed by atoms with van der Waals surface area (Å²) in [5.41, 5.74) is 0.656. The van der Waals surface area contributed by atoms with Gasteiger partial charge in [0.1, 0.15) is 0 Å². The molecule has 4 heterocycles. The third-order valence-corrected chi connectivity index (χ3v) is 7.48. The molecule has 0 atom stereocenters. The number of unbranched alkanes of at least 4 members (excludes halogenated alkanes) is 1. The number of nitrogens with one attached hydrogen (secondary N) is 1. The number of ether oxygens (including phenoxy) is 2. The van der Waals surface area contributed by atoms with E-state index in [9.17, 15) is 9.59 Å². The predicted octanol–water partition coefficient (Wildman–Crippen LogP) is 4.48. The molecule has 0 radical (unpaired) electrons. The minimum absolute atomic E-state index is 0.00784. The molecule has 1 fully saturated rings. The van der Waals surface area contributed by atoms with Gasteiger partial charge in [-0.25, -0.2) is 0 Å². The first-order valence-electron chi connectivity index (χ1n) is 11.5. The van der Waals surface area contributed by atoms with Gasteiger partial charge >= 0.3 is 0 Å². The van der Waals surface area contributed by atoms with E-state index in [1.165, 1.54) is 11.3 Å². The topological polar surface area (TPSA) is 80.8 Å². The van der Waals surface area contributed by atoms with Gasteiger partial charge < -0.3 is 19.7 Å². The number of thiophene rings is 1. The van der Waals surface area contributed by atoms with Crippen LogP contribution in [0.15, 0.2) is 42.7 Å². The Bertz CT molecular complexity index is 1120. The Kier molecular flexibility index (Phi) is 6.44. The minimum atomic E-state index is -0.00784. The summed E-state index contributed by atoms with van der Waals surface area (Å²) < 4.78 is 11.7. The summed E-state index contributed by atoms with van der Waals surface area (Å²) in [7, 11) is 0. The third-order valence-electron chi connectivity index (χ3n) is 6.39. The number of benzene rings is 1. The van der Waals surface area contributed by atoms with Gasteiger partial charge in [0.2, 0.25) is 6.79 Å². The fourth-order valence-electron chi connectivity index (χ4n) is 4.48. The Balaban J connectivity index is 1.00. The maximum absolute atomic E-state index is 12.8. The monoisotopic (exact) mass is 465 g/mol. The molecule has 2 amide bonds. The van der Waals surface area contributed by atoms with Crippen molar-refractivity contribution in [1.29, 1.82) is 0 Å². The number of hydrogen-bond acceptors (Lipinski definition) is 6. The molecular formula is C25H27N3O4S. The van der Waals surface area contributed by atoms with Gasteiger partial charge in [-0.2, -0.15) is 0 Å². The summed E-state index contributed by atoms with van der Waals surface area (Å²) in [6, 6.07) is 9.25. The zero-order chi connectivity index (χ0) is 22.6. The lowest BCUT2D eigenvalue weighted by Crippen LogP contribution is -2.38. The van der Waals surface area contributed by atoms with E-state index in [0.29, 0.717) is 29.5 Å². The fraction of sp³-hybridized carbons (Fsp3) is 0.400. The number of aromatic nitrogens is 1. The highest BCUT2D eigenvalue weighted by atomic mass is 32.1. The molecule has 0 unspecified atom stereocenters. The highest BCUT2D eigenvalue weighted by Crippen LogP contribution is 2.33. The molecule has 1 aromatic carbocycles. The molecule has 0 aliphatic carbocycles. The average molecular weight is 466 g/mol. The molecule has 3 aromatic rings. The van der Waals surface area contributed by atoms with Crippen LogP contribution in [-0.2, 0) is 0 Å². The van der Waals surface area contributed by atoms with Crippen LogP contribution in [0.25, 0.3) is 10.1 Å². The second-order valence-corrected chi connectivity index (χ2v) is 9.66. The van der Waals surface area contributed by atoms with Crippen LogP contribution < -0.4 is 14.8 Å². The smallest absolute Gasteiger partial charge is 0.261 e. The minimum Gasteiger partial charge on any atom is -0.454 e. The Morgan fingerprint density at radius 3 is 2.79 bits per heavy atom. The zero-order valence-corrected chi connectivity index (χ0v) is 19.2. The highest BCUT2D eigenvalue weighted by molar-refractivity contribution is 7.20. The van der Waals surface area contributed by atoms with Gasteiger partial charge in [-0.3, -0.25) is 14.6 Å². The predicted molar refractivity (Wildman–Crippen MR) is 127 cm³/mol. The van der Waals surface area contributed by atoms with Crippen molar-refractivity contribution in [2.45, 2.75) is 32.1 Å².